The van der Waals surface area contributed by atoms with E-state index in [2.05, 4.69) is 5.32 Å². The summed E-state index contributed by atoms with van der Waals surface area (Å²) >= 11 is 11.9. The van der Waals surface area contributed by atoms with E-state index in [0.29, 0.717) is 15.7 Å². The molecule has 1 aliphatic rings. The molecule has 0 radical (unpaired) electrons. The highest BCUT2D eigenvalue weighted by molar-refractivity contribution is 6.42. The van der Waals surface area contributed by atoms with E-state index in [0.717, 1.165) is 22.4 Å². The first-order chi connectivity index (χ1) is 11.8. The maximum Gasteiger partial charge on any atom is 0.256 e. The van der Waals surface area contributed by atoms with Crippen LogP contribution >= 0.6 is 23.2 Å². The molecule has 2 aromatic carbocycles. The van der Waals surface area contributed by atoms with Crippen molar-refractivity contribution < 1.29 is 9.59 Å². The molecular formula is C19H18Cl2N2O2. The number of nitrogens with one attached hydrogen (secondary N) is 1. The van der Waals surface area contributed by atoms with Crippen molar-refractivity contribution in [2.75, 3.05) is 10.2 Å². The van der Waals surface area contributed by atoms with E-state index in [1.54, 1.807) is 12.1 Å². The molecule has 1 saturated heterocycles. The van der Waals surface area contributed by atoms with E-state index >= 15 is 0 Å². The zero-order valence-electron chi connectivity index (χ0n) is 14.2. The summed E-state index contributed by atoms with van der Waals surface area (Å²) in [4.78, 5) is 26.3. The molecular weight excluding hydrogens is 359 g/mol. The Morgan fingerprint density at radius 3 is 2.24 bits per heavy atom. The second kappa shape index (κ2) is 6.70. The zero-order chi connectivity index (χ0) is 18.3. The van der Waals surface area contributed by atoms with Crippen LogP contribution in [0.25, 0.3) is 0 Å². The van der Waals surface area contributed by atoms with Crippen LogP contribution in [0.1, 0.15) is 23.1 Å². The highest BCUT2D eigenvalue weighted by atomic mass is 35.5. The SMILES string of the molecule is Cc1cc(C)c(NC2CC(=O)N(c3ccc(Cl)c(Cl)c3)C2=O)c(C)c1. The van der Waals surface area contributed by atoms with Crippen molar-refractivity contribution in [2.45, 2.75) is 33.2 Å². The second-order valence-corrected chi connectivity index (χ2v) is 7.15. The predicted molar refractivity (Wildman–Crippen MR) is 102 cm³/mol. The van der Waals surface area contributed by atoms with Crippen molar-refractivity contribution in [2.24, 2.45) is 0 Å². The number of imide groups is 1. The number of halogens is 2. The Labute approximate surface area is 156 Å². The Morgan fingerprint density at radius 2 is 1.64 bits per heavy atom. The Kier molecular flexibility index (Phi) is 4.76. The minimum Gasteiger partial charge on any atom is -0.373 e. The maximum absolute atomic E-state index is 12.8. The van der Waals surface area contributed by atoms with Gasteiger partial charge in [0.2, 0.25) is 5.91 Å². The van der Waals surface area contributed by atoms with Gasteiger partial charge in [-0.15, -0.1) is 0 Å². The number of carbonyl (C=O) groups excluding carboxylic acids is 2. The Bertz CT molecular complexity index is 857. The van der Waals surface area contributed by atoms with Crippen LogP contribution < -0.4 is 10.2 Å². The Hall–Kier alpha value is -2.04. The van der Waals surface area contributed by atoms with Gasteiger partial charge in [-0.3, -0.25) is 9.59 Å². The van der Waals surface area contributed by atoms with Gasteiger partial charge < -0.3 is 5.32 Å². The van der Waals surface area contributed by atoms with Crippen LogP contribution in [-0.2, 0) is 9.59 Å². The topological polar surface area (TPSA) is 49.4 Å². The van der Waals surface area contributed by atoms with Crippen molar-refractivity contribution in [1.82, 2.24) is 0 Å². The molecule has 1 atom stereocenters. The van der Waals surface area contributed by atoms with Crippen LogP contribution in [0.5, 0.6) is 0 Å². The monoisotopic (exact) mass is 376 g/mol. The maximum atomic E-state index is 12.8. The highest BCUT2D eigenvalue weighted by Gasteiger charge is 2.40. The molecule has 25 heavy (non-hydrogen) atoms. The van der Waals surface area contributed by atoms with Gasteiger partial charge in [0.1, 0.15) is 6.04 Å². The summed E-state index contributed by atoms with van der Waals surface area (Å²) in [7, 11) is 0. The summed E-state index contributed by atoms with van der Waals surface area (Å²) in [5.74, 6) is -0.550. The van der Waals surface area contributed by atoms with E-state index in [-0.39, 0.29) is 18.2 Å². The predicted octanol–water partition coefficient (Wildman–Crippen LogP) is 4.66. The van der Waals surface area contributed by atoms with E-state index in [9.17, 15) is 9.59 Å². The molecule has 1 fully saturated rings. The molecule has 6 heteroatoms. The summed E-state index contributed by atoms with van der Waals surface area (Å²) in [5, 5.41) is 3.93. The molecule has 0 aromatic heterocycles. The second-order valence-electron chi connectivity index (χ2n) is 6.34. The lowest BCUT2D eigenvalue weighted by Crippen LogP contribution is -2.35. The quantitative estimate of drug-likeness (QED) is 0.792. The number of hydrogen-bond acceptors (Lipinski definition) is 3. The van der Waals surface area contributed by atoms with E-state index < -0.39 is 6.04 Å². The normalized spacial score (nSPS) is 17.3. The van der Waals surface area contributed by atoms with Crippen LogP contribution in [0.15, 0.2) is 30.3 Å². The largest absolute Gasteiger partial charge is 0.373 e. The molecule has 0 spiro atoms. The fraction of sp³-hybridized carbons (Fsp3) is 0.263. The summed E-state index contributed by atoms with van der Waals surface area (Å²) in [6.45, 7) is 6.00. The summed E-state index contributed by atoms with van der Waals surface area (Å²) < 4.78 is 0. The smallest absolute Gasteiger partial charge is 0.256 e. The van der Waals surface area contributed by atoms with Gasteiger partial charge in [-0.1, -0.05) is 40.9 Å². The number of hydrogen-bond donors (Lipinski definition) is 1. The number of nitrogens with zero attached hydrogens (tertiary/aromatic N) is 1. The van der Waals surface area contributed by atoms with E-state index in [1.807, 2.05) is 32.9 Å². The van der Waals surface area contributed by atoms with Crippen molar-refractivity contribution in [3.8, 4) is 0 Å². The number of amides is 2. The Balaban J connectivity index is 1.88. The van der Waals surface area contributed by atoms with Gasteiger partial charge in [-0.25, -0.2) is 4.90 Å². The number of benzene rings is 2. The molecule has 130 valence electrons. The van der Waals surface area contributed by atoms with Crippen molar-refractivity contribution >= 4 is 46.4 Å². The standard InChI is InChI=1S/C19H18Cl2N2O2/c1-10-6-11(2)18(12(3)7-10)22-16-9-17(24)23(19(16)25)13-4-5-14(20)15(21)8-13/h4-8,16,22H,9H2,1-3H3. The number of aryl methyl sites for hydroxylation is 3. The first-order valence-electron chi connectivity index (χ1n) is 7.94. The van der Waals surface area contributed by atoms with Crippen LogP contribution in [0.3, 0.4) is 0 Å². The Morgan fingerprint density at radius 1 is 1.00 bits per heavy atom. The molecule has 2 aromatic rings. The molecule has 0 saturated carbocycles. The molecule has 1 heterocycles. The molecule has 1 N–H and O–H groups in total. The first kappa shape index (κ1) is 17.8. The highest BCUT2D eigenvalue weighted by Crippen LogP contribution is 2.32. The third-order valence-corrected chi connectivity index (χ3v) is 5.04. The van der Waals surface area contributed by atoms with Crippen molar-refractivity contribution in [3.63, 3.8) is 0 Å². The van der Waals surface area contributed by atoms with Gasteiger partial charge in [0, 0.05) is 5.69 Å². The van der Waals surface area contributed by atoms with Crippen LogP contribution in [0, 0.1) is 20.8 Å². The van der Waals surface area contributed by atoms with Gasteiger partial charge in [0.05, 0.1) is 22.2 Å². The third-order valence-electron chi connectivity index (χ3n) is 4.30. The van der Waals surface area contributed by atoms with Crippen molar-refractivity contribution in [3.05, 3.63) is 57.1 Å². The lowest BCUT2D eigenvalue weighted by molar-refractivity contribution is -0.121. The lowest BCUT2D eigenvalue weighted by Gasteiger charge is -2.19. The summed E-state index contributed by atoms with van der Waals surface area (Å²) in [6.07, 6.45) is 0.103. The number of carbonyl (C=O) groups is 2. The van der Waals surface area contributed by atoms with Crippen LogP contribution in [0.4, 0.5) is 11.4 Å². The minimum atomic E-state index is -0.595. The van der Waals surface area contributed by atoms with E-state index in [4.69, 9.17) is 23.2 Å². The molecule has 4 nitrogen and oxygen atoms in total. The van der Waals surface area contributed by atoms with Gasteiger partial charge in [-0.2, -0.15) is 0 Å². The average Bonchev–Trinajstić information content (AvgIpc) is 2.80. The number of rotatable bonds is 3. The minimum absolute atomic E-state index is 0.103. The van der Waals surface area contributed by atoms with Crippen LogP contribution in [-0.4, -0.2) is 17.9 Å². The number of anilines is 2. The summed E-state index contributed by atoms with van der Waals surface area (Å²) in [5.41, 5.74) is 4.59. The van der Waals surface area contributed by atoms with Gasteiger partial charge in [0.15, 0.2) is 0 Å². The van der Waals surface area contributed by atoms with Crippen molar-refractivity contribution in [1.29, 1.82) is 0 Å². The van der Waals surface area contributed by atoms with Gasteiger partial charge in [-0.05, 0) is 50.1 Å². The third kappa shape index (κ3) is 3.37. The molecule has 0 aliphatic carbocycles. The van der Waals surface area contributed by atoms with Gasteiger partial charge in [0.25, 0.3) is 5.91 Å². The summed E-state index contributed by atoms with van der Waals surface area (Å²) in [6, 6.07) is 8.23. The molecule has 1 unspecified atom stereocenters. The molecule has 2 amide bonds. The average molecular weight is 377 g/mol. The first-order valence-corrected chi connectivity index (χ1v) is 8.69. The molecule has 1 aliphatic heterocycles. The molecule has 0 bridgehead atoms. The van der Waals surface area contributed by atoms with Crippen LogP contribution in [0.2, 0.25) is 10.0 Å². The zero-order valence-corrected chi connectivity index (χ0v) is 15.7. The van der Waals surface area contributed by atoms with E-state index in [1.165, 1.54) is 11.0 Å². The fourth-order valence-corrected chi connectivity index (χ4v) is 3.51. The van der Waals surface area contributed by atoms with Gasteiger partial charge >= 0.3 is 0 Å². The molecule has 3 rings (SSSR count). The lowest BCUT2D eigenvalue weighted by atomic mass is 10.0. The fourth-order valence-electron chi connectivity index (χ4n) is 3.22.